The van der Waals surface area contributed by atoms with Crippen molar-refractivity contribution in [1.29, 1.82) is 0 Å². The van der Waals surface area contributed by atoms with Crippen LogP contribution < -0.4 is 10.5 Å². The van der Waals surface area contributed by atoms with Crippen LogP contribution in [0.3, 0.4) is 0 Å². The fourth-order valence-electron chi connectivity index (χ4n) is 1.20. The van der Waals surface area contributed by atoms with Gasteiger partial charge in [0, 0.05) is 5.56 Å². The van der Waals surface area contributed by atoms with Gasteiger partial charge in [-0.2, -0.15) is 0 Å². The Morgan fingerprint density at radius 2 is 2.08 bits per heavy atom. The van der Waals surface area contributed by atoms with E-state index >= 15 is 0 Å². The van der Waals surface area contributed by atoms with Crippen LogP contribution in [0.4, 0.5) is 0 Å². The Morgan fingerprint density at radius 1 is 1.33 bits per heavy atom. The minimum absolute atomic E-state index is 0.0636. The molecule has 1 heterocycles. The molecule has 1 aliphatic rings. The second-order valence-electron chi connectivity index (χ2n) is 2.68. The molecule has 62 valence electrons. The number of nitrogens with two attached hydrogens (primary N) is 1. The SMILES string of the molecule is N[C@@H]1C(O)=COc2ccccc21. The minimum atomic E-state index is -0.449. The number of rotatable bonds is 0. The third-order valence-electron chi connectivity index (χ3n) is 1.88. The zero-order valence-electron chi connectivity index (χ0n) is 6.40. The van der Waals surface area contributed by atoms with E-state index in [1.54, 1.807) is 0 Å². The van der Waals surface area contributed by atoms with E-state index in [1.807, 2.05) is 24.3 Å². The molecule has 0 aliphatic carbocycles. The monoisotopic (exact) mass is 163 g/mol. The van der Waals surface area contributed by atoms with Crippen LogP contribution in [0.5, 0.6) is 5.75 Å². The lowest BCUT2D eigenvalue weighted by molar-refractivity contribution is 0.314. The van der Waals surface area contributed by atoms with Crippen LogP contribution in [0.2, 0.25) is 0 Å². The molecule has 1 atom stereocenters. The molecular formula is C9H9NO2. The van der Waals surface area contributed by atoms with Gasteiger partial charge in [-0.1, -0.05) is 18.2 Å². The lowest BCUT2D eigenvalue weighted by Gasteiger charge is -2.19. The van der Waals surface area contributed by atoms with Gasteiger partial charge < -0.3 is 15.6 Å². The van der Waals surface area contributed by atoms with E-state index in [-0.39, 0.29) is 5.76 Å². The van der Waals surface area contributed by atoms with Gasteiger partial charge in [-0.25, -0.2) is 0 Å². The molecule has 1 aromatic rings. The van der Waals surface area contributed by atoms with E-state index < -0.39 is 6.04 Å². The molecule has 0 radical (unpaired) electrons. The molecule has 3 N–H and O–H groups in total. The highest BCUT2D eigenvalue weighted by Crippen LogP contribution is 2.30. The van der Waals surface area contributed by atoms with Gasteiger partial charge in [-0.05, 0) is 6.07 Å². The number of fused-ring (bicyclic) bond motifs is 1. The number of aliphatic hydroxyl groups excluding tert-OH is 1. The molecule has 0 spiro atoms. The van der Waals surface area contributed by atoms with Gasteiger partial charge in [0.25, 0.3) is 0 Å². The summed E-state index contributed by atoms with van der Waals surface area (Å²) in [5, 5.41) is 9.24. The highest BCUT2D eigenvalue weighted by Gasteiger charge is 2.19. The summed E-state index contributed by atoms with van der Waals surface area (Å²) in [5.41, 5.74) is 6.51. The number of ether oxygens (including phenoxy) is 1. The second-order valence-corrected chi connectivity index (χ2v) is 2.68. The van der Waals surface area contributed by atoms with E-state index in [1.165, 1.54) is 6.26 Å². The molecule has 12 heavy (non-hydrogen) atoms. The summed E-state index contributed by atoms with van der Waals surface area (Å²) in [5.74, 6) is 0.775. The summed E-state index contributed by atoms with van der Waals surface area (Å²) < 4.78 is 5.11. The minimum Gasteiger partial charge on any atom is -0.507 e. The normalized spacial score (nSPS) is 20.8. The highest BCUT2D eigenvalue weighted by molar-refractivity contribution is 5.41. The third kappa shape index (κ3) is 0.950. The van der Waals surface area contributed by atoms with E-state index in [0.717, 1.165) is 5.56 Å². The third-order valence-corrected chi connectivity index (χ3v) is 1.88. The van der Waals surface area contributed by atoms with Crippen molar-refractivity contribution in [3.05, 3.63) is 41.9 Å². The maximum absolute atomic E-state index is 9.24. The second kappa shape index (κ2) is 2.53. The maximum atomic E-state index is 9.24. The first-order valence-electron chi connectivity index (χ1n) is 3.69. The summed E-state index contributed by atoms with van der Waals surface area (Å²) >= 11 is 0. The zero-order valence-corrected chi connectivity index (χ0v) is 6.40. The van der Waals surface area contributed by atoms with E-state index in [4.69, 9.17) is 10.5 Å². The van der Waals surface area contributed by atoms with E-state index in [0.29, 0.717) is 5.75 Å². The smallest absolute Gasteiger partial charge is 0.149 e. The first kappa shape index (κ1) is 7.18. The van der Waals surface area contributed by atoms with Crippen molar-refractivity contribution in [2.75, 3.05) is 0 Å². The van der Waals surface area contributed by atoms with Gasteiger partial charge in [-0.15, -0.1) is 0 Å². The van der Waals surface area contributed by atoms with Crippen molar-refractivity contribution in [3.8, 4) is 5.75 Å². The van der Waals surface area contributed by atoms with Crippen molar-refractivity contribution < 1.29 is 9.84 Å². The average molecular weight is 163 g/mol. The summed E-state index contributed by atoms with van der Waals surface area (Å²) in [7, 11) is 0. The van der Waals surface area contributed by atoms with Gasteiger partial charge in [-0.3, -0.25) is 0 Å². The predicted octanol–water partition coefficient (Wildman–Crippen LogP) is 1.48. The largest absolute Gasteiger partial charge is 0.507 e. The molecule has 0 aromatic heterocycles. The molecule has 0 bridgehead atoms. The van der Waals surface area contributed by atoms with E-state index in [9.17, 15) is 5.11 Å². The van der Waals surface area contributed by atoms with Crippen molar-refractivity contribution in [2.45, 2.75) is 6.04 Å². The van der Waals surface area contributed by atoms with Crippen molar-refractivity contribution in [3.63, 3.8) is 0 Å². The molecule has 1 aromatic carbocycles. The van der Waals surface area contributed by atoms with Crippen molar-refractivity contribution in [2.24, 2.45) is 5.73 Å². The van der Waals surface area contributed by atoms with Gasteiger partial charge in [0.1, 0.15) is 17.8 Å². The molecule has 0 saturated carbocycles. The van der Waals surface area contributed by atoms with Gasteiger partial charge in [0.05, 0.1) is 6.04 Å². The summed E-state index contributed by atoms with van der Waals surface area (Å²) in [6.45, 7) is 0. The molecule has 1 aliphatic heterocycles. The summed E-state index contributed by atoms with van der Waals surface area (Å²) in [6.07, 6.45) is 1.27. The highest BCUT2D eigenvalue weighted by atomic mass is 16.5. The van der Waals surface area contributed by atoms with Gasteiger partial charge in [0.15, 0.2) is 0 Å². The Balaban J connectivity index is 2.49. The first-order valence-corrected chi connectivity index (χ1v) is 3.69. The van der Waals surface area contributed by atoms with Crippen molar-refractivity contribution in [1.82, 2.24) is 0 Å². The Kier molecular flexibility index (Phi) is 1.52. The lowest BCUT2D eigenvalue weighted by Crippen LogP contribution is -2.17. The fraction of sp³-hybridized carbons (Fsp3) is 0.111. The molecule has 2 rings (SSSR count). The molecule has 3 heteroatoms. The number of benzene rings is 1. The predicted molar refractivity (Wildman–Crippen MR) is 44.7 cm³/mol. The lowest BCUT2D eigenvalue weighted by atomic mass is 10.0. The molecule has 0 amide bonds. The molecule has 0 unspecified atom stereocenters. The van der Waals surface area contributed by atoms with Crippen molar-refractivity contribution >= 4 is 0 Å². The Hall–Kier alpha value is -1.48. The maximum Gasteiger partial charge on any atom is 0.149 e. The van der Waals surface area contributed by atoms with Crippen LogP contribution in [-0.4, -0.2) is 5.11 Å². The van der Waals surface area contributed by atoms with Crippen LogP contribution in [0.1, 0.15) is 11.6 Å². The van der Waals surface area contributed by atoms with Crippen LogP contribution in [0.25, 0.3) is 0 Å². The topological polar surface area (TPSA) is 55.5 Å². The number of hydrogen-bond donors (Lipinski definition) is 2. The number of aliphatic hydroxyl groups is 1. The van der Waals surface area contributed by atoms with Gasteiger partial charge in [0.2, 0.25) is 0 Å². The van der Waals surface area contributed by atoms with Crippen LogP contribution in [-0.2, 0) is 0 Å². The Morgan fingerprint density at radius 3 is 2.92 bits per heavy atom. The fourth-order valence-corrected chi connectivity index (χ4v) is 1.20. The van der Waals surface area contributed by atoms with Crippen LogP contribution in [0, 0.1) is 0 Å². The first-order chi connectivity index (χ1) is 5.79. The molecule has 3 nitrogen and oxygen atoms in total. The van der Waals surface area contributed by atoms with Gasteiger partial charge >= 0.3 is 0 Å². The van der Waals surface area contributed by atoms with Crippen LogP contribution >= 0.6 is 0 Å². The Labute approximate surface area is 70.1 Å². The quantitative estimate of drug-likeness (QED) is 0.609. The number of para-hydroxylation sites is 1. The Bertz CT molecular complexity index is 333. The molecule has 0 saturated heterocycles. The van der Waals surface area contributed by atoms with E-state index in [2.05, 4.69) is 0 Å². The number of hydrogen-bond acceptors (Lipinski definition) is 3. The summed E-state index contributed by atoms with van der Waals surface area (Å²) in [6, 6.07) is 6.93. The standard InChI is InChI=1S/C9H9NO2/c10-9-6-3-1-2-4-8(6)12-5-7(9)11/h1-5,9,11H,10H2/t9-/m0/s1. The van der Waals surface area contributed by atoms with Crippen LogP contribution in [0.15, 0.2) is 36.3 Å². The zero-order chi connectivity index (χ0) is 8.55. The average Bonchev–Trinajstić information content (AvgIpc) is 2.12. The molecule has 0 fully saturated rings. The summed E-state index contributed by atoms with van der Waals surface area (Å²) in [4.78, 5) is 0. The molecular weight excluding hydrogens is 154 g/mol.